The Morgan fingerprint density at radius 1 is 1.23 bits per heavy atom. The third kappa shape index (κ3) is 5.04. The van der Waals surface area contributed by atoms with Gasteiger partial charge in [0.2, 0.25) is 0 Å². The van der Waals surface area contributed by atoms with Crippen molar-refractivity contribution in [3.05, 3.63) is 22.7 Å². The van der Waals surface area contributed by atoms with Crippen molar-refractivity contribution in [3.8, 4) is 0 Å². The van der Waals surface area contributed by atoms with Crippen LogP contribution in [-0.4, -0.2) is 0 Å². The summed E-state index contributed by atoms with van der Waals surface area (Å²) in [5.74, 6) is 0. The fourth-order valence-electron chi connectivity index (χ4n) is 1.34. The maximum atomic E-state index is 4.11. The van der Waals surface area contributed by atoms with E-state index in [-0.39, 0.29) is 0 Å². The van der Waals surface area contributed by atoms with Crippen LogP contribution in [0.1, 0.15) is 45.4 Å². The molecule has 0 atom stereocenters. The van der Waals surface area contributed by atoms with Crippen molar-refractivity contribution in [1.82, 2.24) is 5.32 Å². The van der Waals surface area contributed by atoms with Gasteiger partial charge in [0.05, 0.1) is 0 Å². The number of rotatable bonds is 6. The molecule has 0 spiro atoms. The number of hydrogen-bond acceptors (Lipinski definition) is 1. The number of nitrogens with zero attached hydrogens (tertiary/aromatic N) is 1. The summed E-state index contributed by atoms with van der Waals surface area (Å²) in [7, 11) is 0. The molecule has 0 saturated heterocycles. The fraction of sp³-hybridized carbons (Fsp3) is 0.636. The SMILES string of the molecule is CCCCCCCC1=C[N]C=CS1. The van der Waals surface area contributed by atoms with Crippen LogP contribution in [0.25, 0.3) is 0 Å². The zero-order valence-electron chi connectivity index (χ0n) is 8.33. The van der Waals surface area contributed by atoms with Crippen molar-refractivity contribution in [2.45, 2.75) is 45.4 Å². The summed E-state index contributed by atoms with van der Waals surface area (Å²) in [4.78, 5) is 1.42. The van der Waals surface area contributed by atoms with E-state index < -0.39 is 0 Å². The minimum Gasteiger partial charge on any atom is -0.263 e. The average molecular weight is 196 g/mol. The van der Waals surface area contributed by atoms with Crippen molar-refractivity contribution in [2.75, 3.05) is 0 Å². The molecule has 0 aromatic rings. The first kappa shape index (κ1) is 10.7. The summed E-state index contributed by atoms with van der Waals surface area (Å²) >= 11 is 1.81. The second-order valence-corrected chi connectivity index (χ2v) is 4.34. The maximum Gasteiger partial charge on any atom is 0.0366 e. The topological polar surface area (TPSA) is 14.1 Å². The van der Waals surface area contributed by atoms with E-state index >= 15 is 0 Å². The van der Waals surface area contributed by atoms with Crippen molar-refractivity contribution in [2.24, 2.45) is 0 Å². The van der Waals surface area contributed by atoms with Crippen LogP contribution in [-0.2, 0) is 0 Å². The predicted molar refractivity (Wildman–Crippen MR) is 60.3 cm³/mol. The van der Waals surface area contributed by atoms with E-state index in [9.17, 15) is 0 Å². The zero-order chi connectivity index (χ0) is 9.36. The highest BCUT2D eigenvalue weighted by Crippen LogP contribution is 2.25. The van der Waals surface area contributed by atoms with Crippen molar-refractivity contribution in [1.29, 1.82) is 0 Å². The lowest BCUT2D eigenvalue weighted by Crippen LogP contribution is -1.90. The molecule has 0 saturated carbocycles. The van der Waals surface area contributed by atoms with Gasteiger partial charge in [0, 0.05) is 17.3 Å². The van der Waals surface area contributed by atoms with Gasteiger partial charge in [0.1, 0.15) is 0 Å². The smallest absolute Gasteiger partial charge is 0.0366 e. The molecular weight excluding hydrogens is 178 g/mol. The van der Waals surface area contributed by atoms with Gasteiger partial charge in [0.15, 0.2) is 0 Å². The van der Waals surface area contributed by atoms with E-state index in [1.807, 2.05) is 24.2 Å². The summed E-state index contributed by atoms with van der Waals surface area (Å²) in [6, 6.07) is 0. The first-order valence-corrected chi connectivity index (χ1v) is 6.02. The summed E-state index contributed by atoms with van der Waals surface area (Å²) in [5.41, 5.74) is 0. The lowest BCUT2D eigenvalue weighted by molar-refractivity contribution is 0.635. The summed E-state index contributed by atoms with van der Waals surface area (Å²) in [6.07, 6.45) is 11.9. The molecule has 0 amide bonds. The largest absolute Gasteiger partial charge is 0.263 e. The number of allylic oxidation sites excluding steroid dienone is 1. The molecule has 0 aliphatic carbocycles. The van der Waals surface area contributed by atoms with Gasteiger partial charge in [-0.05, 0) is 18.2 Å². The van der Waals surface area contributed by atoms with E-state index in [1.165, 1.54) is 43.4 Å². The van der Waals surface area contributed by atoms with Gasteiger partial charge >= 0.3 is 0 Å². The Morgan fingerprint density at radius 2 is 2.08 bits per heavy atom. The van der Waals surface area contributed by atoms with Gasteiger partial charge in [-0.2, -0.15) is 0 Å². The van der Waals surface area contributed by atoms with Crippen molar-refractivity contribution < 1.29 is 0 Å². The number of unbranched alkanes of at least 4 members (excludes halogenated alkanes) is 4. The van der Waals surface area contributed by atoms with Crippen LogP contribution in [0.4, 0.5) is 0 Å². The Labute approximate surface area is 85.7 Å². The molecule has 0 unspecified atom stereocenters. The van der Waals surface area contributed by atoms with Crippen LogP contribution in [0.5, 0.6) is 0 Å². The van der Waals surface area contributed by atoms with Crippen LogP contribution < -0.4 is 5.32 Å². The quantitative estimate of drug-likeness (QED) is 0.585. The van der Waals surface area contributed by atoms with E-state index in [0.717, 1.165) is 0 Å². The molecule has 1 aliphatic rings. The Bertz CT molecular complexity index is 185. The van der Waals surface area contributed by atoms with Crippen LogP contribution in [0.3, 0.4) is 0 Å². The molecule has 1 nitrogen and oxygen atoms in total. The third-order valence-corrected chi connectivity index (χ3v) is 2.98. The fourth-order valence-corrected chi connectivity index (χ4v) is 2.03. The van der Waals surface area contributed by atoms with E-state index in [0.29, 0.717) is 0 Å². The van der Waals surface area contributed by atoms with Gasteiger partial charge in [-0.3, -0.25) is 5.32 Å². The van der Waals surface area contributed by atoms with Gasteiger partial charge < -0.3 is 0 Å². The van der Waals surface area contributed by atoms with Gasteiger partial charge in [-0.15, -0.1) is 0 Å². The molecule has 1 radical (unpaired) electrons. The molecule has 73 valence electrons. The summed E-state index contributed by atoms with van der Waals surface area (Å²) < 4.78 is 0. The predicted octanol–water partition coefficient (Wildman–Crippen LogP) is 4.01. The second kappa shape index (κ2) is 7.07. The average Bonchev–Trinajstić information content (AvgIpc) is 2.19. The number of hydrogen-bond donors (Lipinski definition) is 0. The Kier molecular flexibility index (Phi) is 5.83. The molecule has 0 fully saturated rings. The lowest BCUT2D eigenvalue weighted by atomic mass is 10.1. The molecule has 0 aromatic carbocycles. The highest BCUT2D eigenvalue weighted by molar-refractivity contribution is 8.05. The molecule has 2 heteroatoms. The molecule has 0 N–H and O–H groups in total. The van der Waals surface area contributed by atoms with Crippen LogP contribution in [0.2, 0.25) is 0 Å². The molecule has 0 aromatic heterocycles. The van der Waals surface area contributed by atoms with Crippen LogP contribution >= 0.6 is 11.8 Å². The minimum absolute atomic E-state index is 1.21. The van der Waals surface area contributed by atoms with Gasteiger partial charge in [-0.1, -0.05) is 44.4 Å². The van der Waals surface area contributed by atoms with Gasteiger partial charge in [0.25, 0.3) is 0 Å². The first-order valence-electron chi connectivity index (χ1n) is 5.14. The Hall–Kier alpha value is -0.370. The summed E-state index contributed by atoms with van der Waals surface area (Å²) in [6.45, 7) is 2.25. The van der Waals surface area contributed by atoms with Crippen molar-refractivity contribution in [3.63, 3.8) is 0 Å². The highest BCUT2D eigenvalue weighted by atomic mass is 32.2. The first-order chi connectivity index (χ1) is 6.43. The molecule has 0 bridgehead atoms. The second-order valence-electron chi connectivity index (χ2n) is 3.31. The Morgan fingerprint density at radius 3 is 2.77 bits per heavy atom. The highest BCUT2D eigenvalue weighted by Gasteiger charge is 1.99. The monoisotopic (exact) mass is 196 g/mol. The van der Waals surface area contributed by atoms with E-state index in [4.69, 9.17) is 0 Å². The molecule has 1 aliphatic heterocycles. The van der Waals surface area contributed by atoms with Crippen LogP contribution in [0, 0.1) is 0 Å². The van der Waals surface area contributed by atoms with E-state index in [1.54, 1.807) is 0 Å². The number of thioether (sulfide) groups is 1. The molecule has 13 heavy (non-hydrogen) atoms. The maximum absolute atomic E-state index is 4.11. The summed E-state index contributed by atoms with van der Waals surface area (Å²) in [5, 5.41) is 6.17. The minimum atomic E-state index is 1.21. The van der Waals surface area contributed by atoms with Gasteiger partial charge in [-0.25, -0.2) is 0 Å². The van der Waals surface area contributed by atoms with Crippen LogP contribution in [0.15, 0.2) is 22.7 Å². The normalized spacial score (nSPS) is 15.3. The zero-order valence-corrected chi connectivity index (χ0v) is 9.15. The lowest BCUT2D eigenvalue weighted by Gasteiger charge is -2.06. The standard InChI is InChI=1S/C11H18NS/c1-2-3-4-5-6-7-11-10-12-8-9-13-11/h8-10H,2-7H2,1H3. The molecule has 1 heterocycles. The Balaban J connectivity index is 1.96. The van der Waals surface area contributed by atoms with Crippen molar-refractivity contribution >= 4 is 11.8 Å². The molecular formula is C11H18NS. The molecule has 1 rings (SSSR count). The third-order valence-electron chi connectivity index (χ3n) is 2.11. The van der Waals surface area contributed by atoms with E-state index in [2.05, 4.69) is 17.6 Å².